The highest BCUT2D eigenvalue weighted by molar-refractivity contribution is 9.10. The van der Waals surface area contributed by atoms with Crippen molar-refractivity contribution in [3.63, 3.8) is 0 Å². The van der Waals surface area contributed by atoms with E-state index < -0.39 is 4.32 Å². The minimum absolute atomic E-state index is 0.0504. The zero-order chi connectivity index (χ0) is 9.90. The van der Waals surface area contributed by atoms with Gasteiger partial charge in [0.25, 0.3) is 0 Å². The Balaban J connectivity index is 2.56. The Labute approximate surface area is 91.6 Å². The summed E-state index contributed by atoms with van der Waals surface area (Å²) >= 11 is 8.08. The Morgan fingerprint density at radius 1 is 1.38 bits per heavy atom. The monoisotopic (exact) mass is 264 g/mol. The number of carbonyl (C=O) groups is 1. The van der Waals surface area contributed by atoms with Gasteiger partial charge in [0, 0.05) is 0 Å². The average Bonchev–Trinajstić information content (AvgIpc) is 2.04. The number of halogens is 1. The van der Waals surface area contributed by atoms with E-state index in [1.54, 1.807) is 0 Å². The van der Waals surface area contributed by atoms with Gasteiger partial charge in [0.15, 0.2) is 5.11 Å². The molecule has 0 saturated heterocycles. The topological polar surface area (TPSA) is 55.1 Å². The van der Waals surface area contributed by atoms with E-state index in [9.17, 15) is 4.79 Å². The highest BCUT2D eigenvalue weighted by Gasteiger charge is 2.36. The number of rotatable bonds is 1. The first-order chi connectivity index (χ1) is 6.04. The number of carbonyl (C=O) groups excluding carboxylic acids is 1. The fraction of sp³-hybridized carbons (Fsp3) is 0.750. The minimum atomic E-state index is -0.436. The van der Waals surface area contributed by atoms with Crippen LogP contribution in [0, 0.1) is 0 Å². The van der Waals surface area contributed by atoms with Gasteiger partial charge in [-0.1, -0.05) is 35.2 Å². The normalized spacial score (nSPS) is 20.7. The summed E-state index contributed by atoms with van der Waals surface area (Å²) in [5.74, 6) is -0.0975. The van der Waals surface area contributed by atoms with E-state index in [2.05, 4.69) is 33.5 Å². The molecule has 0 atom stereocenters. The third-order valence-corrected chi connectivity index (χ3v) is 3.54. The maximum atomic E-state index is 11.6. The molecule has 0 radical (unpaired) electrons. The number of alkyl halides is 1. The molecule has 0 aliphatic heterocycles. The highest BCUT2D eigenvalue weighted by atomic mass is 79.9. The lowest BCUT2D eigenvalue weighted by atomic mass is 9.88. The Bertz CT molecular complexity index is 226. The van der Waals surface area contributed by atoms with E-state index in [1.165, 1.54) is 6.42 Å². The molecule has 1 amide bonds. The molecule has 0 bridgehead atoms. The maximum absolute atomic E-state index is 11.6. The molecule has 74 valence electrons. The van der Waals surface area contributed by atoms with Crippen LogP contribution in [0.15, 0.2) is 0 Å². The van der Waals surface area contributed by atoms with Crippen molar-refractivity contribution in [2.24, 2.45) is 5.73 Å². The molecule has 0 spiro atoms. The van der Waals surface area contributed by atoms with Crippen molar-refractivity contribution in [2.75, 3.05) is 0 Å². The predicted molar refractivity (Wildman–Crippen MR) is 59.7 cm³/mol. The summed E-state index contributed by atoms with van der Waals surface area (Å²) in [6.45, 7) is 0. The van der Waals surface area contributed by atoms with E-state index in [4.69, 9.17) is 5.73 Å². The van der Waals surface area contributed by atoms with E-state index in [1.807, 2.05) is 0 Å². The van der Waals surface area contributed by atoms with E-state index in [0.717, 1.165) is 25.7 Å². The van der Waals surface area contributed by atoms with Crippen LogP contribution < -0.4 is 11.1 Å². The number of thiocarbonyl (C=S) groups is 1. The van der Waals surface area contributed by atoms with E-state index in [0.29, 0.717) is 0 Å². The average molecular weight is 265 g/mol. The van der Waals surface area contributed by atoms with Crippen LogP contribution in [0.4, 0.5) is 0 Å². The minimum Gasteiger partial charge on any atom is -0.376 e. The first-order valence-corrected chi connectivity index (χ1v) is 5.54. The van der Waals surface area contributed by atoms with Crippen LogP contribution in [0.3, 0.4) is 0 Å². The van der Waals surface area contributed by atoms with Gasteiger partial charge in [-0.25, -0.2) is 0 Å². The molecule has 0 aromatic heterocycles. The molecule has 1 aliphatic rings. The third kappa shape index (κ3) is 2.91. The molecule has 3 nitrogen and oxygen atoms in total. The Kier molecular flexibility index (Phi) is 3.67. The quantitative estimate of drug-likeness (QED) is 0.557. The van der Waals surface area contributed by atoms with Gasteiger partial charge in [0.1, 0.15) is 4.32 Å². The summed E-state index contributed by atoms with van der Waals surface area (Å²) in [6.07, 6.45) is 5.09. The molecule has 3 N–H and O–H groups in total. The van der Waals surface area contributed by atoms with Gasteiger partial charge in [-0.15, -0.1) is 0 Å². The summed E-state index contributed by atoms with van der Waals surface area (Å²) in [5.41, 5.74) is 5.24. The molecule has 5 heteroatoms. The zero-order valence-corrected chi connectivity index (χ0v) is 9.71. The molecule has 1 aliphatic carbocycles. The zero-order valence-electron chi connectivity index (χ0n) is 7.31. The second-order valence-corrected chi connectivity index (χ2v) is 5.30. The van der Waals surface area contributed by atoms with Crippen molar-refractivity contribution in [1.82, 2.24) is 5.32 Å². The van der Waals surface area contributed by atoms with Gasteiger partial charge in [-0.2, -0.15) is 0 Å². The number of hydrogen-bond acceptors (Lipinski definition) is 2. The van der Waals surface area contributed by atoms with Crippen LogP contribution >= 0.6 is 28.1 Å². The van der Waals surface area contributed by atoms with Crippen molar-refractivity contribution in [3.8, 4) is 0 Å². The van der Waals surface area contributed by atoms with E-state index in [-0.39, 0.29) is 11.0 Å². The Morgan fingerprint density at radius 3 is 2.38 bits per heavy atom. The molecular formula is C8H13BrN2OS. The van der Waals surface area contributed by atoms with Gasteiger partial charge in [-0.3, -0.25) is 4.79 Å². The molecule has 1 rings (SSSR count). The Hall–Kier alpha value is -0.160. The van der Waals surface area contributed by atoms with Crippen LogP contribution in [0.5, 0.6) is 0 Å². The van der Waals surface area contributed by atoms with Crippen molar-refractivity contribution < 1.29 is 4.79 Å². The molecule has 1 fully saturated rings. The van der Waals surface area contributed by atoms with Gasteiger partial charge >= 0.3 is 0 Å². The Morgan fingerprint density at radius 2 is 1.92 bits per heavy atom. The summed E-state index contributed by atoms with van der Waals surface area (Å²) in [7, 11) is 0. The molecule has 13 heavy (non-hydrogen) atoms. The van der Waals surface area contributed by atoms with Crippen molar-refractivity contribution in [2.45, 2.75) is 36.4 Å². The van der Waals surface area contributed by atoms with Gasteiger partial charge in [0.05, 0.1) is 0 Å². The number of nitrogens with two attached hydrogens (primary N) is 1. The van der Waals surface area contributed by atoms with Crippen LogP contribution in [-0.4, -0.2) is 15.3 Å². The fourth-order valence-electron chi connectivity index (χ4n) is 1.56. The van der Waals surface area contributed by atoms with Crippen molar-refractivity contribution in [3.05, 3.63) is 0 Å². The molecular weight excluding hydrogens is 252 g/mol. The van der Waals surface area contributed by atoms with Crippen LogP contribution in [0.25, 0.3) is 0 Å². The fourth-order valence-corrected chi connectivity index (χ4v) is 2.32. The molecule has 0 aromatic rings. The summed E-state index contributed by atoms with van der Waals surface area (Å²) in [4.78, 5) is 11.6. The van der Waals surface area contributed by atoms with E-state index >= 15 is 0 Å². The number of nitrogens with one attached hydrogen (secondary N) is 1. The number of hydrogen-bond donors (Lipinski definition) is 2. The number of amides is 1. The lowest BCUT2D eigenvalue weighted by Gasteiger charge is -2.29. The first-order valence-electron chi connectivity index (χ1n) is 4.34. The van der Waals surface area contributed by atoms with Gasteiger partial charge < -0.3 is 11.1 Å². The lowest BCUT2D eigenvalue weighted by molar-refractivity contribution is -0.122. The molecule has 0 unspecified atom stereocenters. The van der Waals surface area contributed by atoms with Crippen LogP contribution in [0.1, 0.15) is 32.1 Å². The molecule has 1 saturated carbocycles. The van der Waals surface area contributed by atoms with Gasteiger partial charge in [-0.05, 0) is 25.1 Å². The first kappa shape index (κ1) is 10.9. The summed E-state index contributed by atoms with van der Waals surface area (Å²) in [6, 6.07) is 0. The lowest BCUT2D eigenvalue weighted by Crippen LogP contribution is -2.47. The molecule has 0 heterocycles. The van der Waals surface area contributed by atoms with Crippen molar-refractivity contribution in [1.29, 1.82) is 0 Å². The summed E-state index contributed by atoms with van der Waals surface area (Å²) < 4.78 is -0.436. The van der Waals surface area contributed by atoms with Crippen LogP contribution in [0.2, 0.25) is 0 Å². The largest absolute Gasteiger partial charge is 0.376 e. The standard InChI is InChI=1S/C8H13BrN2OS/c9-8(4-2-1-3-5-8)6(12)11-7(10)13/h1-5H2,(H3,10,11,12,13). The van der Waals surface area contributed by atoms with Gasteiger partial charge in [0.2, 0.25) is 5.91 Å². The predicted octanol–water partition coefficient (Wildman–Crippen LogP) is 1.44. The molecule has 0 aromatic carbocycles. The second-order valence-electron chi connectivity index (χ2n) is 3.34. The maximum Gasteiger partial charge on any atom is 0.243 e. The summed E-state index contributed by atoms with van der Waals surface area (Å²) in [5, 5.41) is 2.53. The van der Waals surface area contributed by atoms with Crippen molar-refractivity contribution >= 4 is 39.2 Å². The second kappa shape index (κ2) is 4.37. The smallest absolute Gasteiger partial charge is 0.243 e. The third-order valence-electron chi connectivity index (χ3n) is 2.29. The van der Waals surface area contributed by atoms with Crippen LogP contribution in [-0.2, 0) is 4.79 Å². The highest BCUT2D eigenvalue weighted by Crippen LogP contribution is 2.35. The SMILES string of the molecule is NC(=S)NC(=O)C1(Br)CCCCC1.